The normalized spacial score (nSPS) is 12.7. The standard InChI is InChI=1S/C14H24N4O7S/c15-5-1-2-11(20)18(6-12(21)22)13(23)9(7-26)17-10(19)4-3-8(16)14(24)25/h8-9,26H,1-7,15-16H2,(H,17,19)(H,21,22)(H,24,25). The van der Waals surface area contributed by atoms with Crippen LogP contribution in [0.25, 0.3) is 0 Å². The molecule has 0 radical (unpaired) electrons. The molecule has 2 unspecified atom stereocenters. The number of thiol groups is 1. The van der Waals surface area contributed by atoms with E-state index in [2.05, 4.69) is 17.9 Å². The summed E-state index contributed by atoms with van der Waals surface area (Å²) in [5.74, 6) is -5.15. The lowest BCUT2D eigenvalue weighted by molar-refractivity contribution is -0.153. The maximum atomic E-state index is 12.4. The van der Waals surface area contributed by atoms with Crippen LogP contribution in [0.5, 0.6) is 0 Å². The van der Waals surface area contributed by atoms with Gasteiger partial charge in [0.2, 0.25) is 11.8 Å². The molecule has 11 nitrogen and oxygen atoms in total. The number of carboxylic acids is 2. The Kier molecular flexibility index (Phi) is 11.2. The maximum absolute atomic E-state index is 12.4. The fraction of sp³-hybridized carbons (Fsp3) is 0.643. The van der Waals surface area contributed by atoms with Crippen LogP contribution in [0.3, 0.4) is 0 Å². The quantitative estimate of drug-likeness (QED) is 0.199. The highest BCUT2D eigenvalue weighted by molar-refractivity contribution is 7.80. The van der Waals surface area contributed by atoms with Gasteiger partial charge < -0.3 is 27.0 Å². The molecule has 0 saturated carbocycles. The van der Waals surface area contributed by atoms with E-state index < -0.39 is 48.3 Å². The van der Waals surface area contributed by atoms with Gasteiger partial charge in [0.1, 0.15) is 18.6 Å². The molecule has 0 heterocycles. The van der Waals surface area contributed by atoms with E-state index >= 15 is 0 Å². The molecule has 0 bridgehead atoms. The van der Waals surface area contributed by atoms with E-state index in [0.717, 1.165) is 0 Å². The number of carbonyl (C=O) groups excluding carboxylic acids is 3. The lowest BCUT2D eigenvalue weighted by atomic mass is 10.1. The number of aliphatic carboxylic acids is 2. The molecule has 0 fully saturated rings. The van der Waals surface area contributed by atoms with Crippen molar-refractivity contribution >= 4 is 42.3 Å². The van der Waals surface area contributed by atoms with Gasteiger partial charge in [0.25, 0.3) is 5.91 Å². The van der Waals surface area contributed by atoms with Gasteiger partial charge in [0.15, 0.2) is 0 Å². The van der Waals surface area contributed by atoms with Crippen molar-refractivity contribution in [1.82, 2.24) is 10.2 Å². The molecule has 12 heteroatoms. The summed E-state index contributed by atoms with van der Waals surface area (Å²) < 4.78 is 0. The molecule has 0 spiro atoms. The largest absolute Gasteiger partial charge is 0.480 e. The lowest BCUT2D eigenvalue weighted by Crippen LogP contribution is -2.53. The molecule has 0 aliphatic carbocycles. The molecule has 2 atom stereocenters. The Labute approximate surface area is 155 Å². The van der Waals surface area contributed by atoms with E-state index in [9.17, 15) is 24.0 Å². The fourth-order valence-electron chi connectivity index (χ4n) is 1.86. The summed E-state index contributed by atoms with van der Waals surface area (Å²) in [5.41, 5.74) is 10.6. The van der Waals surface area contributed by atoms with E-state index in [1.165, 1.54) is 0 Å². The molecule has 0 aromatic rings. The van der Waals surface area contributed by atoms with Crippen LogP contribution in [-0.2, 0) is 24.0 Å². The molecule has 148 valence electrons. The number of nitrogens with one attached hydrogen (secondary N) is 1. The van der Waals surface area contributed by atoms with E-state index in [1.807, 2.05) is 0 Å². The third-order valence-corrected chi connectivity index (χ3v) is 3.64. The highest BCUT2D eigenvalue weighted by atomic mass is 32.1. The number of carboxylic acid groups (broad SMARTS) is 2. The number of carbonyl (C=O) groups is 5. The van der Waals surface area contributed by atoms with Gasteiger partial charge in [-0.1, -0.05) is 0 Å². The zero-order chi connectivity index (χ0) is 20.3. The summed E-state index contributed by atoms with van der Waals surface area (Å²) in [7, 11) is 0. The smallest absolute Gasteiger partial charge is 0.323 e. The minimum atomic E-state index is -1.39. The second-order valence-corrected chi connectivity index (χ2v) is 5.76. The van der Waals surface area contributed by atoms with Crippen LogP contribution in [-0.4, -0.2) is 75.7 Å². The van der Waals surface area contributed by atoms with Crippen molar-refractivity contribution in [2.75, 3.05) is 18.8 Å². The van der Waals surface area contributed by atoms with Gasteiger partial charge in [-0.15, -0.1) is 0 Å². The predicted octanol–water partition coefficient (Wildman–Crippen LogP) is -2.23. The van der Waals surface area contributed by atoms with Gasteiger partial charge in [-0.2, -0.15) is 12.6 Å². The molecular formula is C14H24N4O7S. The van der Waals surface area contributed by atoms with Crippen molar-refractivity contribution in [2.24, 2.45) is 11.5 Å². The molecule has 0 aromatic heterocycles. The molecule has 26 heavy (non-hydrogen) atoms. The van der Waals surface area contributed by atoms with Gasteiger partial charge in [-0.05, 0) is 19.4 Å². The average Bonchev–Trinajstić information content (AvgIpc) is 2.59. The number of rotatable bonds is 12. The van der Waals surface area contributed by atoms with E-state index in [4.69, 9.17) is 21.7 Å². The Morgan fingerprint density at radius 2 is 1.73 bits per heavy atom. The second-order valence-electron chi connectivity index (χ2n) is 5.39. The summed E-state index contributed by atoms with van der Waals surface area (Å²) in [6.45, 7) is -0.663. The predicted molar refractivity (Wildman–Crippen MR) is 93.3 cm³/mol. The van der Waals surface area contributed by atoms with Crippen LogP contribution in [0.4, 0.5) is 0 Å². The van der Waals surface area contributed by atoms with Crippen LogP contribution in [0.1, 0.15) is 25.7 Å². The minimum absolute atomic E-state index is 0.115. The number of hydrogen-bond donors (Lipinski definition) is 6. The van der Waals surface area contributed by atoms with Crippen LogP contribution >= 0.6 is 12.6 Å². The third kappa shape index (κ3) is 8.78. The van der Waals surface area contributed by atoms with Crippen molar-refractivity contribution in [3.8, 4) is 0 Å². The van der Waals surface area contributed by atoms with Crippen LogP contribution < -0.4 is 16.8 Å². The number of amides is 3. The van der Waals surface area contributed by atoms with Gasteiger partial charge in [-0.3, -0.25) is 28.9 Å². The summed E-state index contributed by atoms with van der Waals surface area (Å²) in [5, 5.41) is 19.9. The topological polar surface area (TPSA) is 193 Å². The van der Waals surface area contributed by atoms with Gasteiger partial charge in [0, 0.05) is 18.6 Å². The molecule has 0 aliphatic rings. The van der Waals surface area contributed by atoms with Crippen molar-refractivity contribution in [3.63, 3.8) is 0 Å². The zero-order valence-electron chi connectivity index (χ0n) is 14.1. The maximum Gasteiger partial charge on any atom is 0.323 e. The molecule has 0 aliphatic heterocycles. The van der Waals surface area contributed by atoms with E-state index in [0.29, 0.717) is 4.90 Å². The highest BCUT2D eigenvalue weighted by Crippen LogP contribution is 2.05. The number of hydrogen-bond acceptors (Lipinski definition) is 8. The minimum Gasteiger partial charge on any atom is -0.480 e. The Morgan fingerprint density at radius 1 is 1.12 bits per heavy atom. The average molecular weight is 392 g/mol. The van der Waals surface area contributed by atoms with Crippen molar-refractivity contribution in [3.05, 3.63) is 0 Å². The summed E-state index contributed by atoms with van der Waals surface area (Å²) in [6, 6.07) is -2.47. The van der Waals surface area contributed by atoms with Crippen molar-refractivity contribution < 1.29 is 34.2 Å². The highest BCUT2D eigenvalue weighted by Gasteiger charge is 2.30. The first-order valence-electron chi connectivity index (χ1n) is 7.78. The van der Waals surface area contributed by atoms with Crippen molar-refractivity contribution in [2.45, 2.75) is 37.8 Å². The number of nitrogens with zero attached hydrogens (tertiary/aromatic N) is 1. The number of nitrogens with two attached hydrogens (primary N) is 2. The molecular weight excluding hydrogens is 368 g/mol. The zero-order valence-corrected chi connectivity index (χ0v) is 15.0. The first kappa shape index (κ1) is 23.8. The van der Waals surface area contributed by atoms with Crippen LogP contribution in [0.2, 0.25) is 0 Å². The van der Waals surface area contributed by atoms with E-state index in [-0.39, 0.29) is 38.0 Å². The summed E-state index contributed by atoms with van der Waals surface area (Å²) >= 11 is 3.94. The van der Waals surface area contributed by atoms with E-state index in [1.54, 1.807) is 0 Å². The van der Waals surface area contributed by atoms with Gasteiger partial charge in [0.05, 0.1) is 0 Å². The van der Waals surface area contributed by atoms with Crippen LogP contribution in [0.15, 0.2) is 0 Å². The summed E-state index contributed by atoms with van der Waals surface area (Å²) in [6.07, 6.45) is -0.253. The molecule has 7 N–H and O–H groups in total. The number of imide groups is 1. The van der Waals surface area contributed by atoms with Gasteiger partial charge >= 0.3 is 11.9 Å². The monoisotopic (exact) mass is 392 g/mol. The lowest BCUT2D eigenvalue weighted by Gasteiger charge is -2.24. The molecule has 0 aromatic carbocycles. The molecule has 3 amide bonds. The van der Waals surface area contributed by atoms with Gasteiger partial charge in [-0.25, -0.2) is 0 Å². The Balaban J connectivity index is 4.96. The Bertz CT molecular complexity index is 543. The Morgan fingerprint density at radius 3 is 2.19 bits per heavy atom. The summed E-state index contributed by atoms with van der Waals surface area (Å²) in [4.78, 5) is 58.4. The van der Waals surface area contributed by atoms with Crippen molar-refractivity contribution in [1.29, 1.82) is 0 Å². The first-order chi connectivity index (χ1) is 12.1. The first-order valence-corrected chi connectivity index (χ1v) is 8.41. The Hall–Kier alpha value is -2.18. The SMILES string of the molecule is NCCCC(=O)N(CC(=O)O)C(=O)C(CS)NC(=O)CCC(N)C(=O)O. The third-order valence-electron chi connectivity index (χ3n) is 3.27. The molecule has 0 saturated heterocycles. The second kappa shape index (κ2) is 12.2. The van der Waals surface area contributed by atoms with Crippen LogP contribution in [0, 0.1) is 0 Å². The fourth-order valence-corrected chi connectivity index (χ4v) is 2.11. The molecule has 0 rings (SSSR count).